The van der Waals surface area contributed by atoms with Gasteiger partial charge in [-0.25, -0.2) is 4.79 Å². The summed E-state index contributed by atoms with van der Waals surface area (Å²) in [6.45, 7) is 3.33. The van der Waals surface area contributed by atoms with Gasteiger partial charge in [0.1, 0.15) is 0 Å². The monoisotopic (exact) mass is 372 g/mol. The molecular formula is C17H15O4Y+2. The van der Waals surface area contributed by atoms with Gasteiger partial charge in [-0.15, -0.1) is 23.8 Å². The fourth-order valence-corrected chi connectivity index (χ4v) is 1.84. The zero-order valence-electron chi connectivity index (χ0n) is 12.7. The second-order valence-corrected chi connectivity index (χ2v) is 4.57. The molecule has 0 N–H and O–H groups in total. The fourth-order valence-electron chi connectivity index (χ4n) is 1.84. The third-order valence-corrected chi connectivity index (χ3v) is 3.03. The minimum atomic E-state index is -0.495. The van der Waals surface area contributed by atoms with Crippen LogP contribution in [-0.2, 0) is 32.7 Å². The van der Waals surface area contributed by atoms with Crippen molar-refractivity contribution in [1.29, 1.82) is 0 Å². The van der Waals surface area contributed by atoms with E-state index in [1.807, 2.05) is 6.92 Å². The van der Waals surface area contributed by atoms with Gasteiger partial charge in [0.05, 0.1) is 12.7 Å². The average Bonchev–Trinajstić information content (AvgIpc) is 2.47. The van der Waals surface area contributed by atoms with Crippen LogP contribution in [0.2, 0.25) is 0 Å². The number of aryl methyl sites for hydroxylation is 1. The molecule has 0 saturated carbocycles. The van der Waals surface area contributed by atoms with Crippen LogP contribution in [0, 0.1) is 13.0 Å². The van der Waals surface area contributed by atoms with Crippen molar-refractivity contribution in [3.63, 3.8) is 0 Å². The van der Waals surface area contributed by atoms with Crippen molar-refractivity contribution >= 4 is 11.8 Å². The van der Waals surface area contributed by atoms with Crippen LogP contribution in [0.5, 0.6) is 11.5 Å². The van der Waals surface area contributed by atoms with Crippen LogP contribution >= 0.6 is 0 Å². The molecule has 0 aliphatic heterocycles. The number of hydrogen-bond acceptors (Lipinski definition) is 4. The molecule has 4 nitrogen and oxygen atoms in total. The Bertz CT molecular complexity index is 678. The van der Waals surface area contributed by atoms with Gasteiger partial charge in [0.25, 0.3) is 0 Å². The van der Waals surface area contributed by atoms with Gasteiger partial charge in [0.15, 0.2) is 5.78 Å². The van der Waals surface area contributed by atoms with Crippen LogP contribution in [-0.4, -0.2) is 18.9 Å². The standard InChI is InChI=1S/C17H15O4.Y/c1-11-10-15(8-9-16(11)20-3)21-17(19)14-6-4-13(5-7-14)12(2)18;/h4-7,9-10H,1-3H3;/q-1;+3. The summed E-state index contributed by atoms with van der Waals surface area (Å²) >= 11 is 0. The summed E-state index contributed by atoms with van der Waals surface area (Å²) in [5.41, 5.74) is 1.78. The molecule has 0 aromatic heterocycles. The first-order valence-electron chi connectivity index (χ1n) is 6.40. The third-order valence-electron chi connectivity index (χ3n) is 3.03. The van der Waals surface area contributed by atoms with E-state index in [4.69, 9.17) is 9.47 Å². The predicted molar refractivity (Wildman–Crippen MR) is 78.0 cm³/mol. The van der Waals surface area contributed by atoms with E-state index in [-0.39, 0.29) is 38.5 Å². The van der Waals surface area contributed by atoms with Gasteiger partial charge in [-0.3, -0.25) is 4.79 Å². The number of ether oxygens (including phenoxy) is 2. The molecule has 0 saturated heterocycles. The zero-order chi connectivity index (χ0) is 15.4. The van der Waals surface area contributed by atoms with E-state index in [9.17, 15) is 9.59 Å². The Morgan fingerprint density at radius 3 is 2.18 bits per heavy atom. The maximum Gasteiger partial charge on any atom is 3.00 e. The number of hydrogen-bond donors (Lipinski definition) is 0. The minimum Gasteiger partial charge on any atom is -0.554 e. The largest absolute Gasteiger partial charge is 3.00 e. The predicted octanol–water partition coefficient (Wildman–Crippen LogP) is 3.22. The van der Waals surface area contributed by atoms with Gasteiger partial charge in [-0.1, -0.05) is 19.1 Å². The number of esters is 1. The van der Waals surface area contributed by atoms with Crippen molar-refractivity contribution in [2.45, 2.75) is 13.8 Å². The summed E-state index contributed by atoms with van der Waals surface area (Å²) in [5, 5.41) is 0. The molecule has 2 rings (SSSR count). The van der Waals surface area contributed by atoms with Crippen molar-refractivity contribution in [2.75, 3.05) is 7.11 Å². The first-order chi connectivity index (χ1) is 10.0. The van der Waals surface area contributed by atoms with Crippen LogP contribution in [0.1, 0.15) is 33.2 Å². The Kier molecular flexibility index (Phi) is 6.91. The molecule has 2 aromatic carbocycles. The van der Waals surface area contributed by atoms with Gasteiger partial charge in [-0.05, 0) is 19.1 Å². The number of methoxy groups -OCH3 is 1. The SMILES string of the molecule is COc1c[c-]c(OC(=O)c2ccc(C(C)=O)cc2)cc1C.[Y+3]. The number of ketones is 1. The first kappa shape index (κ1) is 18.5. The van der Waals surface area contributed by atoms with E-state index in [2.05, 4.69) is 6.07 Å². The summed E-state index contributed by atoms with van der Waals surface area (Å²) in [6.07, 6.45) is 0. The molecule has 0 aliphatic carbocycles. The number of carbonyl (C=O) groups is 2. The van der Waals surface area contributed by atoms with Gasteiger partial charge >= 0.3 is 38.7 Å². The Balaban J connectivity index is 0.00000242. The van der Waals surface area contributed by atoms with Crippen molar-refractivity contribution < 1.29 is 51.8 Å². The van der Waals surface area contributed by atoms with Gasteiger partial charge in [0, 0.05) is 17.1 Å². The molecule has 0 radical (unpaired) electrons. The Morgan fingerprint density at radius 2 is 1.68 bits per heavy atom. The van der Waals surface area contributed by atoms with E-state index < -0.39 is 5.97 Å². The molecule has 0 fully saturated rings. The molecule has 2 aromatic rings. The van der Waals surface area contributed by atoms with Crippen LogP contribution in [0.25, 0.3) is 0 Å². The summed E-state index contributed by atoms with van der Waals surface area (Å²) < 4.78 is 10.4. The summed E-state index contributed by atoms with van der Waals surface area (Å²) in [7, 11) is 1.57. The van der Waals surface area contributed by atoms with E-state index >= 15 is 0 Å². The Morgan fingerprint density at radius 1 is 1.09 bits per heavy atom. The van der Waals surface area contributed by atoms with E-state index in [1.54, 1.807) is 43.5 Å². The maximum atomic E-state index is 12.0. The minimum absolute atomic E-state index is 0. The van der Waals surface area contributed by atoms with Gasteiger partial charge < -0.3 is 9.47 Å². The number of carbonyl (C=O) groups excluding carboxylic acids is 2. The summed E-state index contributed by atoms with van der Waals surface area (Å²) in [4.78, 5) is 23.2. The van der Waals surface area contributed by atoms with Crippen molar-refractivity contribution in [3.8, 4) is 11.5 Å². The van der Waals surface area contributed by atoms with Crippen LogP contribution < -0.4 is 9.47 Å². The van der Waals surface area contributed by atoms with Crippen LogP contribution in [0.4, 0.5) is 0 Å². The molecule has 0 aliphatic rings. The second kappa shape index (κ2) is 8.20. The molecule has 22 heavy (non-hydrogen) atoms. The maximum absolute atomic E-state index is 12.0. The summed E-state index contributed by atoms with van der Waals surface area (Å²) in [6, 6.07) is 12.5. The van der Waals surface area contributed by atoms with Crippen molar-refractivity contribution in [2.24, 2.45) is 0 Å². The first-order valence-corrected chi connectivity index (χ1v) is 6.40. The molecule has 0 spiro atoms. The number of Topliss-reactive ketones (excluding diaryl/α,β-unsaturated/α-hetero) is 1. The Hall–Kier alpha value is -1.52. The van der Waals surface area contributed by atoms with Gasteiger partial charge in [-0.2, -0.15) is 0 Å². The van der Waals surface area contributed by atoms with Gasteiger partial charge in [0.2, 0.25) is 0 Å². The molecule has 0 bridgehead atoms. The smallest absolute Gasteiger partial charge is 0.554 e. The normalized spacial score (nSPS) is 9.59. The second-order valence-electron chi connectivity index (χ2n) is 4.57. The molecule has 108 valence electrons. The molecule has 0 amide bonds. The average molecular weight is 372 g/mol. The topological polar surface area (TPSA) is 52.6 Å². The molecule has 5 heteroatoms. The summed E-state index contributed by atoms with van der Waals surface area (Å²) in [5.74, 6) is 0.467. The van der Waals surface area contributed by atoms with E-state index in [1.165, 1.54) is 6.92 Å². The Labute approximate surface area is 154 Å². The fraction of sp³-hybridized carbons (Fsp3) is 0.176. The third kappa shape index (κ3) is 4.49. The zero-order valence-corrected chi connectivity index (χ0v) is 15.5. The van der Waals surface area contributed by atoms with Crippen molar-refractivity contribution in [1.82, 2.24) is 0 Å². The van der Waals surface area contributed by atoms with Crippen molar-refractivity contribution in [3.05, 3.63) is 59.2 Å². The number of rotatable bonds is 4. The number of benzene rings is 2. The molecule has 0 unspecified atom stereocenters. The van der Waals surface area contributed by atoms with E-state index in [0.717, 1.165) is 5.56 Å². The molecular weight excluding hydrogens is 357 g/mol. The molecule has 0 atom stereocenters. The van der Waals surface area contributed by atoms with Crippen LogP contribution in [0.15, 0.2) is 36.4 Å². The van der Waals surface area contributed by atoms with E-state index in [0.29, 0.717) is 22.6 Å². The quantitative estimate of drug-likeness (QED) is 0.358. The van der Waals surface area contributed by atoms with Crippen LogP contribution in [0.3, 0.4) is 0 Å². The molecule has 0 heterocycles.